The number of aliphatic hydroxyl groups is 2. The number of fused-ring (bicyclic) bond motifs is 3. The number of hydrogen-bond donors (Lipinski definition) is 4. The maximum Gasteiger partial charge on any atom is 0.312 e. The van der Waals surface area contributed by atoms with Crippen LogP contribution in [0.2, 0.25) is 0 Å². The second-order valence-corrected chi connectivity index (χ2v) is 9.03. The first-order valence-electron chi connectivity index (χ1n) is 9.13. The SMILES string of the molecule is C=C1C[C@]23C[C@H]1CC[C@H]2[C@]1(O)CC[C@H](O)[C@@](C)(C(=O)O)[C@H]1[C@@H]3C(=O)O. The van der Waals surface area contributed by atoms with Crippen molar-refractivity contribution >= 4 is 11.9 Å². The van der Waals surface area contributed by atoms with Gasteiger partial charge in [0.05, 0.1) is 23.0 Å². The molecule has 138 valence electrons. The minimum absolute atomic E-state index is 0.180. The van der Waals surface area contributed by atoms with Gasteiger partial charge in [0, 0.05) is 5.92 Å². The predicted molar refractivity (Wildman–Crippen MR) is 87.6 cm³/mol. The largest absolute Gasteiger partial charge is 0.481 e. The van der Waals surface area contributed by atoms with Gasteiger partial charge in [-0.2, -0.15) is 0 Å². The van der Waals surface area contributed by atoms with E-state index < -0.39 is 46.3 Å². The molecule has 4 fully saturated rings. The zero-order chi connectivity index (χ0) is 18.4. The molecule has 4 aliphatic rings. The van der Waals surface area contributed by atoms with Crippen molar-refractivity contribution in [2.24, 2.45) is 34.5 Å². The number of carboxylic acid groups (broad SMARTS) is 2. The Kier molecular flexibility index (Phi) is 3.31. The molecule has 4 N–H and O–H groups in total. The van der Waals surface area contributed by atoms with Crippen molar-refractivity contribution in [1.29, 1.82) is 0 Å². The Morgan fingerprint density at radius 1 is 1.20 bits per heavy atom. The van der Waals surface area contributed by atoms with E-state index in [1.807, 2.05) is 0 Å². The predicted octanol–water partition coefficient (Wildman–Crippen LogP) is 1.66. The van der Waals surface area contributed by atoms with E-state index in [9.17, 15) is 30.0 Å². The summed E-state index contributed by atoms with van der Waals surface area (Å²) in [5.74, 6) is -4.22. The molecule has 0 heterocycles. The van der Waals surface area contributed by atoms with Gasteiger partial charge >= 0.3 is 11.9 Å². The maximum absolute atomic E-state index is 12.3. The summed E-state index contributed by atoms with van der Waals surface area (Å²) in [7, 11) is 0. The van der Waals surface area contributed by atoms with Crippen LogP contribution in [0.1, 0.15) is 45.4 Å². The van der Waals surface area contributed by atoms with Crippen molar-refractivity contribution in [3.8, 4) is 0 Å². The zero-order valence-electron chi connectivity index (χ0n) is 14.4. The van der Waals surface area contributed by atoms with Gasteiger partial charge in [-0.3, -0.25) is 9.59 Å². The first-order chi connectivity index (χ1) is 11.6. The van der Waals surface area contributed by atoms with E-state index in [4.69, 9.17) is 0 Å². The van der Waals surface area contributed by atoms with Gasteiger partial charge in [0.25, 0.3) is 0 Å². The first kappa shape index (κ1) is 17.0. The summed E-state index contributed by atoms with van der Waals surface area (Å²) in [6.07, 6.45) is 2.07. The third-order valence-corrected chi connectivity index (χ3v) is 8.24. The van der Waals surface area contributed by atoms with Crippen LogP contribution in [0.15, 0.2) is 12.2 Å². The normalized spacial score (nSPS) is 54.0. The van der Waals surface area contributed by atoms with Gasteiger partial charge < -0.3 is 20.4 Å². The molecule has 0 saturated heterocycles. The lowest BCUT2D eigenvalue weighted by Crippen LogP contribution is -2.61. The Morgan fingerprint density at radius 3 is 2.48 bits per heavy atom. The Balaban J connectivity index is 1.94. The van der Waals surface area contributed by atoms with E-state index >= 15 is 0 Å². The number of aliphatic carboxylic acids is 2. The molecule has 0 unspecified atom stereocenters. The molecule has 0 aromatic rings. The number of allylic oxidation sites excluding steroid dienone is 1. The van der Waals surface area contributed by atoms with Gasteiger partial charge in [0.2, 0.25) is 0 Å². The van der Waals surface area contributed by atoms with Crippen LogP contribution < -0.4 is 0 Å². The summed E-state index contributed by atoms with van der Waals surface area (Å²) >= 11 is 0. The Morgan fingerprint density at radius 2 is 1.88 bits per heavy atom. The summed E-state index contributed by atoms with van der Waals surface area (Å²) in [5.41, 5.74) is -2.62. The lowest BCUT2D eigenvalue weighted by Gasteiger charge is -2.50. The molecule has 4 rings (SSSR count). The van der Waals surface area contributed by atoms with Crippen molar-refractivity contribution in [2.45, 2.75) is 57.2 Å². The lowest BCUT2D eigenvalue weighted by atomic mass is 9.56. The highest BCUT2D eigenvalue weighted by molar-refractivity contribution is 5.80. The molecule has 25 heavy (non-hydrogen) atoms. The summed E-state index contributed by atoms with van der Waals surface area (Å²) in [6.45, 7) is 5.55. The van der Waals surface area contributed by atoms with Crippen molar-refractivity contribution in [3.05, 3.63) is 12.2 Å². The van der Waals surface area contributed by atoms with E-state index in [1.54, 1.807) is 0 Å². The smallest absolute Gasteiger partial charge is 0.312 e. The molecule has 0 aliphatic heterocycles. The summed E-state index contributed by atoms with van der Waals surface area (Å²) < 4.78 is 0. The molecule has 2 bridgehead atoms. The van der Waals surface area contributed by atoms with Crippen molar-refractivity contribution in [1.82, 2.24) is 0 Å². The molecule has 0 amide bonds. The zero-order valence-corrected chi connectivity index (χ0v) is 14.4. The third kappa shape index (κ3) is 1.77. The number of carboxylic acids is 2. The minimum Gasteiger partial charge on any atom is -0.481 e. The van der Waals surface area contributed by atoms with Crippen LogP contribution in [0.5, 0.6) is 0 Å². The molecule has 4 saturated carbocycles. The number of rotatable bonds is 2. The van der Waals surface area contributed by atoms with Gasteiger partial charge in [-0.25, -0.2) is 0 Å². The topological polar surface area (TPSA) is 115 Å². The van der Waals surface area contributed by atoms with Gasteiger partial charge in [0.1, 0.15) is 0 Å². The van der Waals surface area contributed by atoms with Gasteiger partial charge in [-0.15, -0.1) is 0 Å². The fourth-order valence-corrected chi connectivity index (χ4v) is 7.24. The van der Waals surface area contributed by atoms with Crippen LogP contribution >= 0.6 is 0 Å². The number of hydrogen-bond acceptors (Lipinski definition) is 4. The standard InChI is InChI=1S/C19H26O6/c1-9-7-18-8-10(9)3-4-11(18)19(25)6-5-12(20)17(2,16(23)24)14(19)13(18)15(21)22/h10-14,20,25H,1,3-8H2,2H3,(H,21,22)(H,23,24)/t10-,11-,12+,13-,14-,17-,18+,19-/m1/s1. The molecule has 0 aromatic heterocycles. The molecule has 6 nitrogen and oxygen atoms in total. The second kappa shape index (κ2) is 4.86. The van der Waals surface area contributed by atoms with E-state index in [-0.39, 0.29) is 24.7 Å². The highest BCUT2D eigenvalue weighted by Gasteiger charge is 2.77. The third-order valence-electron chi connectivity index (χ3n) is 8.24. The van der Waals surface area contributed by atoms with Crippen molar-refractivity contribution in [3.63, 3.8) is 0 Å². The maximum atomic E-state index is 12.3. The molecule has 6 heteroatoms. The van der Waals surface area contributed by atoms with Crippen LogP contribution in [-0.4, -0.2) is 44.1 Å². The van der Waals surface area contributed by atoms with Crippen LogP contribution in [0.3, 0.4) is 0 Å². The van der Waals surface area contributed by atoms with E-state index in [2.05, 4.69) is 6.58 Å². The fourth-order valence-electron chi connectivity index (χ4n) is 7.24. The molecule has 0 radical (unpaired) electrons. The minimum atomic E-state index is -1.67. The van der Waals surface area contributed by atoms with E-state index in [0.29, 0.717) is 19.3 Å². The van der Waals surface area contributed by atoms with Gasteiger partial charge in [0.15, 0.2) is 0 Å². The second-order valence-electron chi connectivity index (χ2n) is 9.03. The van der Waals surface area contributed by atoms with E-state index in [1.165, 1.54) is 6.92 Å². The quantitative estimate of drug-likeness (QED) is 0.563. The van der Waals surface area contributed by atoms with Crippen molar-refractivity contribution < 1.29 is 30.0 Å². The van der Waals surface area contributed by atoms with Crippen LogP contribution in [-0.2, 0) is 9.59 Å². The summed E-state index contributed by atoms with van der Waals surface area (Å²) in [6, 6.07) is 0. The molecule has 8 atom stereocenters. The van der Waals surface area contributed by atoms with E-state index in [0.717, 1.165) is 12.0 Å². The molecule has 4 aliphatic carbocycles. The monoisotopic (exact) mass is 350 g/mol. The highest BCUT2D eigenvalue weighted by Crippen LogP contribution is 2.74. The number of carbonyl (C=O) groups is 2. The van der Waals surface area contributed by atoms with Gasteiger partial charge in [-0.1, -0.05) is 12.2 Å². The number of aliphatic hydroxyl groups excluding tert-OH is 1. The van der Waals surface area contributed by atoms with Crippen molar-refractivity contribution in [2.75, 3.05) is 0 Å². The molecule has 1 spiro atoms. The molecular formula is C19H26O6. The molecular weight excluding hydrogens is 324 g/mol. The fraction of sp³-hybridized carbons (Fsp3) is 0.789. The Hall–Kier alpha value is -1.40. The Labute approximate surface area is 146 Å². The summed E-state index contributed by atoms with van der Waals surface area (Å²) in [5, 5.41) is 42.2. The van der Waals surface area contributed by atoms with Gasteiger partial charge in [-0.05, 0) is 62.7 Å². The van der Waals surface area contributed by atoms with Crippen LogP contribution in [0.25, 0.3) is 0 Å². The lowest BCUT2D eigenvalue weighted by molar-refractivity contribution is -0.198. The average Bonchev–Trinajstić information content (AvgIpc) is 2.91. The average molecular weight is 350 g/mol. The summed E-state index contributed by atoms with van der Waals surface area (Å²) in [4.78, 5) is 24.5. The molecule has 0 aromatic carbocycles. The first-order valence-corrected chi connectivity index (χ1v) is 9.13. The highest BCUT2D eigenvalue weighted by atomic mass is 16.4. The Bertz CT molecular complexity index is 673. The van der Waals surface area contributed by atoms with Crippen LogP contribution in [0, 0.1) is 34.5 Å². The van der Waals surface area contributed by atoms with Crippen LogP contribution in [0.4, 0.5) is 0 Å².